The molecule has 0 N–H and O–H groups in total. The van der Waals surface area contributed by atoms with Crippen molar-refractivity contribution in [3.8, 4) is 16.8 Å². The van der Waals surface area contributed by atoms with Crippen LogP contribution in [0.25, 0.3) is 16.8 Å². The zero-order chi connectivity index (χ0) is 23.3. The van der Waals surface area contributed by atoms with Crippen molar-refractivity contribution >= 4 is 0 Å². The summed E-state index contributed by atoms with van der Waals surface area (Å²) in [6, 6.07) is 16.8. The van der Waals surface area contributed by atoms with Crippen molar-refractivity contribution in [1.82, 2.24) is 29.3 Å². The first-order valence-electron chi connectivity index (χ1n) is 12.1. The summed E-state index contributed by atoms with van der Waals surface area (Å²) in [5.41, 5.74) is 5.34. The minimum atomic E-state index is 0.111. The average Bonchev–Trinajstić information content (AvgIpc) is 3.53. The predicted molar refractivity (Wildman–Crippen MR) is 133 cm³/mol. The maximum Gasteiger partial charge on any atom is 0.328 e. The third-order valence-electron chi connectivity index (χ3n) is 6.72. The molecule has 7 heteroatoms. The summed E-state index contributed by atoms with van der Waals surface area (Å²) in [6.07, 6.45) is 14.5. The second kappa shape index (κ2) is 10.0. The Hall–Kier alpha value is -3.74. The summed E-state index contributed by atoms with van der Waals surface area (Å²) in [5.74, 6) is 0. The number of nitrogens with zero attached hydrogens (tertiary/aromatic N) is 6. The fourth-order valence-electron chi connectivity index (χ4n) is 4.90. The van der Waals surface area contributed by atoms with E-state index >= 15 is 0 Å². The highest BCUT2D eigenvalue weighted by Gasteiger charge is 2.20. The third kappa shape index (κ3) is 4.51. The standard InChI is InChI=1S/C27H30N6O/c1-2-3-9-24-19-32(23-10-5-4-6-11-23)27(34)31(24)18-21-14-16-22(17-15-21)25-12-7-8-13-26(25)33-20-28-29-30-33/h2-3,7-8,12-17,19-20,23H,4-6,9-11,18H2,1H3. The van der Waals surface area contributed by atoms with Crippen molar-refractivity contribution in [3.05, 3.63) is 94.9 Å². The Morgan fingerprint density at radius 2 is 1.82 bits per heavy atom. The van der Waals surface area contributed by atoms with Gasteiger partial charge in [-0.2, -0.15) is 4.68 Å². The van der Waals surface area contributed by atoms with Gasteiger partial charge in [0.05, 0.1) is 12.2 Å². The van der Waals surface area contributed by atoms with Crippen molar-refractivity contribution in [2.24, 2.45) is 0 Å². The number of hydrogen-bond donors (Lipinski definition) is 0. The molecule has 0 aliphatic heterocycles. The smallest absolute Gasteiger partial charge is 0.296 e. The summed E-state index contributed by atoms with van der Waals surface area (Å²) in [7, 11) is 0. The molecule has 0 amide bonds. The molecule has 0 bridgehead atoms. The van der Waals surface area contributed by atoms with E-state index in [4.69, 9.17) is 0 Å². The molecule has 174 valence electrons. The van der Waals surface area contributed by atoms with Gasteiger partial charge in [0.15, 0.2) is 0 Å². The van der Waals surface area contributed by atoms with Gasteiger partial charge in [0.25, 0.3) is 0 Å². The molecule has 34 heavy (non-hydrogen) atoms. The van der Waals surface area contributed by atoms with Gasteiger partial charge in [-0.3, -0.25) is 9.13 Å². The molecule has 0 atom stereocenters. The Bertz CT molecular complexity index is 1310. The molecule has 5 rings (SSSR count). The van der Waals surface area contributed by atoms with E-state index in [-0.39, 0.29) is 5.69 Å². The molecule has 2 aromatic carbocycles. The lowest BCUT2D eigenvalue weighted by atomic mass is 9.95. The predicted octanol–water partition coefficient (Wildman–Crippen LogP) is 4.96. The number of para-hydroxylation sites is 1. The van der Waals surface area contributed by atoms with Crippen molar-refractivity contribution < 1.29 is 0 Å². The van der Waals surface area contributed by atoms with E-state index in [0.717, 1.165) is 47.3 Å². The SMILES string of the molecule is CC=CCc1cn(C2CCCCC2)c(=O)n1Cc1ccc(-c2ccccc2-n2cnnn2)cc1. The lowest BCUT2D eigenvalue weighted by molar-refractivity contribution is 0.344. The van der Waals surface area contributed by atoms with Crippen molar-refractivity contribution in [2.75, 3.05) is 0 Å². The molecular formula is C27H30N6O. The van der Waals surface area contributed by atoms with Gasteiger partial charge in [0.2, 0.25) is 0 Å². The average molecular weight is 455 g/mol. The minimum Gasteiger partial charge on any atom is -0.296 e. The molecule has 0 saturated heterocycles. The highest BCUT2D eigenvalue weighted by molar-refractivity contribution is 5.72. The summed E-state index contributed by atoms with van der Waals surface area (Å²) in [6.45, 7) is 2.59. The highest BCUT2D eigenvalue weighted by Crippen LogP contribution is 2.28. The number of allylic oxidation sites excluding steroid dienone is 2. The van der Waals surface area contributed by atoms with Crippen LogP contribution >= 0.6 is 0 Å². The first-order valence-corrected chi connectivity index (χ1v) is 12.1. The fraction of sp³-hybridized carbons (Fsp3) is 0.333. The molecule has 1 aliphatic rings. The Morgan fingerprint density at radius 3 is 2.56 bits per heavy atom. The van der Waals surface area contributed by atoms with Gasteiger partial charge in [-0.25, -0.2) is 4.79 Å². The second-order valence-electron chi connectivity index (χ2n) is 8.93. The number of imidazole rings is 1. The molecule has 4 aromatic rings. The van der Waals surface area contributed by atoms with Gasteiger partial charge < -0.3 is 0 Å². The molecule has 0 radical (unpaired) electrons. The van der Waals surface area contributed by atoms with Crippen LogP contribution in [-0.2, 0) is 13.0 Å². The van der Waals surface area contributed by atoms with Crippen LogP contribution in [0.3, 0.4) is 0 Å². The molecule has 1 saturated carbocycles. The van der Waals surface area contributed by atoms with Crippen molar-refractivity contribution in [2.45, 2.75) is 58.0 Å². The van der Waals surface area contributed by atoms with E-state index in [1.165, 1.54) is 19.3 Å². The van der Waals surface area contributed by atoms with Gasteiger partial charge in [0, 0.05) is 29.9 Å². The molecule has 0 unspecified atom stereocenters. The quantitative estimate of drug-likeness (QED) is 0.370. The zero-order valence-electron chi connectivity index (χ0n) is 19.5. The van der Waals surface area contributed by atoms with Gasteiger partial charge in [-0.05, 0) is 47.4 Å². The van der Waals surface area contributed by atoms with Gasteiger partial charge in [0.1, 0.15) is 6.33 Å². The maximum absolute atomic E-state index is 13.4. The molecule has 1 aliphatic carbocycles. The van der Waals surface area contributed by atoms with Crippen molar-refractivity contribution in [3.63, 3.8) is 0 Å². The van der Waals surface area contributed by atoms with Crippen molar-refractivity contribution in [1.29, 1.82) is 0 Å². The van der Waals surface area contributed by atoms with E-state index in [2.05, 4.69) is 58.1 Å². The molecule has 0 spiro atoms. The maximum atomic E-state index is 13.4. The summed E-state index contributed by atoms with van der Waals surface area (Å²) >= 11 is 0. The molecular weight excluding hydrogens is 424 g/mol. The Balaban J connectivity index is 1.43. The lowest BCUT2D eigenvalue weighted by Crippen LogP contribution is -2.29. The van der Waals surface area contributed by atoms with E-state index in [0.29, 0.717) is 12.6 Å². The lowest BCUT2D eigenvalue weighted by Gasteiger charge is -2.22. The largest absolute Gasteiger partial charge is 0.328 e. The Morgan fingerprint density at radius 1 is 1.03 bits per heavy atom. The van der Waals surface area contributed by atoms with Crippen LogP contribution in [0.15, 0.2) is 78.0 Å². The van der Waals surface area contributed by atoms with Crippen LogP contribution in [0.2, 0.25) is 0 Å². The second-order valence-corrected chi connectivity index (χ2v) is 8.93. The Kier molecular flexibility index (Phi) is 6.51. The Labute approximate surface area is 199 Å². The van der Waals surface area contributed by atoms with Crippen LogP contribution < -0.4 is 5.69 Å². The van der Waals surface area contributed by atoms with Gasteiger partial charge in [-0.1, -0.05) is 73.9 Å². The monoisotopic (exact) mass is 454 g/mol. The van der Waals surface area contributed by atoms with Gasteiger partial charge >= 0.3 is 5.69 Å². The first kappa shape index (κ1) is 22.1. The molecule has 1 fully saturated rings. The van der Waals surface area contributed by atoms with Gasteiger partial charge in [-0.15, -0.1) is 5.10 Å². The van der Waals surface area contributed by atoms with E-state index in [9.17, 15) is 4.79 Å². The van der Waals surface area contributed by atoms with Crippen LogP contribution in [-0.4, -0.2) is 29.3 Å². The molecule has 7 nitrogen and oxygen atoms in total. The number of hydrogen-bond acceptors (Lipinski definition) is 4. The fourth-order valence-corrected chi connectivity index (χ4v) is 4.90. The molecule has 2 aromatic heterocycles. The van der Waals surface area contributed by atoms with Crippen LogP contribution in [0.4, 0.5) is 0 Å². The highest BCUT2D eigenvalue weighted by atomic mass is 16.1. The number of benzene rings is 2. The topological polar surface area (TPSA) is 70.5 Å². The summed E-state index contributed by atoms with van der Waals surface area (Å²) < 4.78 is 5.61. The van der Waals surface area contributed by atoms with E-state index in [1.54, 1.807) is 11.0 Å². The van der Waals surface area contributed by atoms with E-state index < -0.39 is 0 Å². The minimum absolute atomic E-state index is 0.111. The first-order chi connectivity index (χ1) is 16.7. The summed E-state index contributed by atoms with van der Waals surface area (Å²) in [4.78, 5) is 13.4. The number of tetrazole rings is 1. The normalized spacial score (nSPS) is 14.7. The van der Waals surface area contributed by atoms with Crippen LogP contribution in [0, 0.1) is 0 Å². The third-order valence-corrected chi connectivity index (χ3v) is 6.72. The van der Waals surface area contributed by atoms with Crippen LogP contribution in [0.1, 0.15) is 56.3 Å². The van der Waals surface area contributed by atoms with Crippen LogP contribution in [0.5, 0.6) is 0 Å². The summed E-state index contributed by atoms with van der Waals surface area (Å²) in [5, 5.41) is 11.6. The number of rotatable bonds is 7. The zero-order valence-corrected chi connectivity index (χ0v) is 19.5. The number of aromatic nitrogens is 6. The van der Waals surface area contributed by atoms with E-state index in [1.807, 2.05) is 40.3 Å². The molecule has 2 heterocycles.